The van der Waals surface area contributed by atoms with E-state index in [1.165, 1.54) is 6.07 Å². The monoisotopic (exact) mass is 350 g/mol. The van der Waals surface area contributed by atoms with Gasteiger partial charge < -0.3 is 9.15 Å². The summed E-state index contributed by atoms with van der Waals surface area (Å²) in [6, 6.07) is 14.1. The Hall–Kier alpha value is -2.54. The third-order valence-corrected chi connectivity index (χ3v) is 3.50. The molecule has 0 amide bonds. The van der Waals surface area contributed by atoms with E-state index in [1.807, 2.05) is 42.3 Å². The van der Waals surface area contributed by atoms with Crippen LogP contribution >= 0.6 is 0 Å². The normalized spacial score (nSPS) is 12.0. The van der Waals surface area contributed by atoms with Gasteiger partial charge in [0, 0.05) is 6.54 Å². The molecule has 2 aromatic carbocycles. The number of aromatic nitrogens is 1. The lowest BCUT2D eigenvalue weighted by Crippen LogP contribution is -2.19. The highest BCUT2D eigenvalue weighted by Gasteiger charge is 2.28. The third-order valence-electron chi connectivity index (χ3n) is 3.50. The minimum atomic E-state index is -4.35. The molecule has 0 spiro atoms. The fourth-order valence-electron chi connectivity index (χ4n) is 2.48. The number of hydrogen-bond acceptors (Lipinski definition) is 4. The maximum atomic E-state index is 12.2. The van der Waals surface area contributed by atoms with Gasteiger partial charge in [-0.05, 0) is 36.9 Å². The van der Waals surface area contributed by atoms with Gasteiger partial charge >= 0.3 is 6.18 Å². The zero-order chi connectivity index (χ0) is 17.9. The maximum absolute atomic E-state index is 12.2. The second-order valence-electron chi connectivity index (χ2n) is 5.80. The van der Waals surface area contributed by atoms with Crippen molar-refractivity contribution in [2.75, 3.05) is 13.7 Å². The van der Waals surface area contributed by atoms with Gasteiger partial charge in [0.1, 0.15) is 11.3 Å². The summed E-state index contributed by atoms with van der Waals surface area (Å²) in [7, 11) is 1.89. The van der Waals surface area contributed by atoms with Crippen molar-refractivity contribution in [2.24, 2.45) is 0 Å². The molecule has 7 heteroatoms. The first kappa shape index (κ1) is 17.3. The number of rotatable bonds is 6. The van der Waals surface area contributed by atoms with Crippen LogP contribution in [0.3, 0.4) is 0 Å². The van der Waals surface area contributed by atoms with E-state index in [2.05, 4.69) is 4.98 Å². The number of nitrogens with zero attached hydrogens (tertiary/aromatic N) is 2. The van der Waals surface area contributed by atoms with Crippen LogP contribution in [0.5, 0.6) is 5.75 Å². The van der Waals surface area contributed by atoms with Gasteiger partial charge in [-0.2, -0.15) is 13.2 Å². The summed E-state index contributed by atoms with van der Waals surface area (Å²) in [6.45, 7) is -0.278. The first-order valence-corrected chi connectivity index (χ1v) is 7.70. The molecule has 0 radical (unpaired) electrons. The van der Waals surface area contributed by atoms with E-state index in [-0.39, 0.29) is 5.75 Å². The zero-order valence-electron chi connectivity index (χ0n) is 13.6. The average molecular weight is 350 g/mol. The fraction of sp³-hybridized carbons (Fsp3) is 0.278. The lowest BCUT2D eigenvalue weighted by molar-refractivity contribution is -0.153. The van der Waals surface area contributed by atoms with Crippen molar-refractivity contribution in [1.29, 1.82) is 0 Å². The van der Waals surface area contributed by atoms with Crippen molar-refractivity contribution in [1.82, 2.24) is 9.88 Å². The molecule has 0 aliphatic heterocycles. The van der Waals surface area contributed by atoms with E-state index < -0.39 is 12.8 Å². The molecular weight excluding hydrogens is 333 g/mol. The number of hydrogen-bond donors (Lipinski definition) is 0. The van der Waals surface area contributed by atoms with Crippen molar-refractivity contribution < 1.29 is 22.3 Å². The van der Waals surface area contributed by atoms with Crippen LogP contribution in [-0.4, -0.2) is 29.7 Å². The Kier molecular flexibility index (Phi) is 4.94. The van der Waals surface area contributed by atoms with Crippen LogP contribution in [0.1, 0.15) is 11.5 Å². The molecule has 0 saturated heterocycles. The van der Waals surface area contributed by atoms with E-state index in [0.717, 1.165) is 16.7 Å². The van der Waals surface area contributed by atoms with E-state index in [4.69, 9.17) is 9.15 Å². The highest BCUT2D eigenvalue weighted by Crippen LogP contribution is 2.21. The van der Waals surface area contributed by atoms with Crippen LogP contribution in [-0.2, 0) is 13.1 Å². The first-order valence-electron chi connectivity index (χ1n) is 7.70. The summed E-state index contributed by atoms with van der Waals surface area (Å²) in [4.78, 5) is 6.38. The molecular formula is C18H17F3N2O2. The molecule has 0 aliphatic rings. The smallest absolute Gasteiger partial charge is 0.422 e. The molecule has 0 bridgehead atoms. The highest BCUT2D eigenvalue weighted by atomic mass is 19.4. The van der Waals surface area contributed by atoms with E-state index in [1.54, 1.807) is 12.1 Å². The lowest BCUT2D eigenvalue weighted by Gasteiger charge is -2.15. The second-order valence-corrected chi connectivity index (χ2v) is 5.80. The largest absolute Gasteiger partial charge is 0.484 e. The second kappa shape index (κ2) is 7.14. The van der Waals surface area contributed by atoms with Crippen molar-refractivity contribution in [3.63, 3.8) is 0 Å². The van der Waals surface area contributed by atoms with E-state index in [0.29, 0.717) is 19.0 Å². The van der Waals surface area contributed by atoms with E-state index >= 15 is 0 Å². The van der Waals surface area contributed by atoms with Gasteiger partial charge in [-0.25, -0.2) is 4.98 Å². The predicted molar refractivity (Wildman–Crippen MR) is 87.2 cm³/mol. The van der Waals surface area contributed by atoms with Crippen molar-refractivity contribution >= 4 is 11.1 Å². The number of ether oxygens (including phenoxy) is 1. The number of halogens is 3. The molecule has 1 aromatic heterocycles. The molecule has 1 heterocycles. The molecule has 132 valence electrons. The molecule has 0 aliphatic carbocycles. The molecule has 3 rings (SSSR count). The SMILES string of the molecule is CN(Cc1cccc(OCC(F)(F)F)c1)Cc1nc2ccccc2o1. The molecule has 0 N–H and O–H groups in total. The minimum absolute atomic E-state index is 0.199. The van der Waals surface area contributed by atoms with Crippen molar-refractivity contribution in [3.05, 3.63) is 60.0 Å². The topological polar surface area (TPSA) is 38.5 Å². The summed E-state index contributed by atoms with van der Waals surface area (Å²) in [5.41, 5.74) is 2.38. The summed E-state index contributed by atoms with van der Waals surface area (Å²) in [6.07, 6.45) is -4.35. The van der Waals surface area contributed by atoms with Crippen LogP contribution in [0.4, 0.5) is 13.2 Å². The lowest BCUT2D eigenvalue weighted by atomic mass is 10.2. The summed E-state index contributed by atoms with van der Waals surface area (Å²) in [5, 5.41) is 0. The summed E-state index contributed by atoms with van der Waals surface area (Å²) < 4.78 is 47.1. The Morgan fingerprint density at radius 1 is 1.08 bits per heavy atom. The average Bonchev–Trinajstić information content (AvgIpc) is 2.94. The predicted octanol–water partition coefficient (Wildman–Crippen LogP) is 4.40. The number of alkyl halides is 3. The van der Waals surface area contributed by atoms with Crippen LogP contribution in [0, 0.1) is 0 Å². The number of oxazole rings is 1. The summed E-state index contributed by atoms with van der Waals surface area (Å²) in [5.74, 6) is 0.790. The highest BCUT2D eigenvalue weighted by molar-refractivity contribution is 5.72. The van der Waals surface area contributed by atoms with Crippen molar-refractivity contribution in [2.45, 2.75) is 19.3 Å². The molecule has 0 fully saturated rings. The molecule has 0 saturated carbocycles. The summed E-state index contributed by atoms with van der Waals surface area (Å²) >= 11 is 0. The third kappa shape index (κ3) is 4.96. The molecule has 4 nitrogen and oxygen atoms in total. The van der Waals surface area contributed by atoms with Gasteiger partial charge in [0.2, 0.25) is 5.89 Å². The Balaban J connectivity index is 1.61. The quantitative estimate of drug-likeness (QED) is 0.660. The molecule has 3 aromatic rings. The van der Waals surface area contributed by atoms with Gasteiger partial charge in [0.25, 0.3) is 0 Å². The number of para-hydroxylation sites is 2. The van der Waals surface area contributed by atoms with Crippen LogP contribution in [0.2, 0.25) is 0 Å². The van der Waals surface area contributed by atoms with Crippen LogP contribution in [0.15, 0.2) is 52.9 Å². The Morgan fingerprint density at radius 2 is 1.88 bits per heavy atom. The minimum Gasteiger partial charge on any atom is -0.484 e. The van der Waals surface area contributed by atoms with Gasteiger partial charge in [-0.1, -0.05) is 24.3 Å². The molecule has 25 heavy (non-hydrogen) atoms. The Bertz CT molecular complexity index is 812. The zero-order valence-corrected chi connectivity index (χ0v) is 13.6. The van der Waals surface area contributed by atoms with E-state index in [9.17, 15) is 13.2 Å². The van der Waals surface area contributed by atoms with Gasteiger partial charge in [0.05, 0.1) is 6.54 Å². The Morgan fingerprint density at radius 3 is 2.64 bits per heavy atom. The number of benzene rings is 2. The fourth-order valence-corrected chi connectivity index (χ4v) is 2.48. The number of fused-ring (bicyclic) bond motifs is 1. The maximum Gasteiger partial charge on any atom is 0.422 e. The standard InChI is InChI=1S/C18H17F3N2O2/c1-23(11-17-22-15-7-2-3-8-16(15)25-17)10-13-5-4-6-14(9-13)24-12-18(19,20)21/h2-9H,10-12H2,1H3. The van der Waals surface area contributed by atoms with Gasteiger partial charge in [-0.3, -0.25) is 4.90 Å². The van der Waals surface area contributed by atoms with Crippen LogP contribution in [0.25, 0.3) is 11.1 Å². The van der Waals surface area contributed by atoms with Gasteiger partial charge in [-0.15, -0.1) is 0 Å². The van der Waals surface area contributed by atoms with Crippen molar-refractivity contribution in [3.8, 4) is 5.75 Å². The Labute approximate surface area is 142 Å². The van der Waals surface area contributed by atoms with Gasteiger partial charge in [0.15, 0.2) is 12.2 Å². The molecule has 0 atom stereocenters. The van der Waals surface area contributed by atoms with Crippen LogP contribution < -0.4 is 4.74 Å². The molecule has 0 unspecified atom stereocenters. The first-order chi connectivity index (χ1) is 11.9.